The molecule has 0 fully saturated rings. The molecule has 0 saturated carbocycles. The van der Waals surface area contributed by atoms with Gasteiger partial charge in [-0.2, -0.15) is 5.10 Å². The van der Waals surface area contributed by atoms with Crippen LogP contribution < -0.4 is 9.62 Å². The molecule has 2 aromatic carbocycles. The van der Waals surface area contributed by atoms with Gasteiger partial charge in [-0.25, -0.2) is 13.4 Å². The van der Waals surface area contributed by atoms with E-state index in [0.717, 1.165) is 37.5 Å². The van der Waals surface area contributed by atoms with E-state index >= 15 is 0 Å². The quantitative estimate of drug-likeness (QED) is 0.277. The first-order valence-electron chi connectivity index (χ1n) is 10.7. The Balaban J connectivity index is 1.78. The van der Waals surface area contributed by atoms with Crippen LogP contribution in [0, 0.1) is 6.92 Å². The first kappa shape index (κ1) is 23.3. The van der Waals surface area contributed by atoms with Crippen molar-refractivity contribution in [2.45, 2.75) is 11.8 Å². The third-order valence-electron chi connectivity index (χ3n) is 5.55. The summed E-state index contributed by atoms with van der Waals surface area (Å²) in [6.45, 7) is 1.85. The maximum Gasteiger partial charge on any atom is 0.261 e. The minimum Gasteiger partial charge on any atom is -0.378 e. The van der Waals surface area contributed by atoms with E-state index in [1.165, 1.54) is 23.5 Å². The Hall–Kier alpha value is -3.40. The molecule has 0 bridgehead atoms. The number of aryl methyl sites for hydroxylation is 1. The second-order valence-corrected chi connectivity index (χ2v) is 11.4. The molecule has 5 aromatic rings. The number of sulfonamides is 1. The van der Waals surface area contributed by atoms with Crippen LogP contribution in [-0.2, 0) is 10.0 Å². The van der Waals surface area contributed by atoms with E-state index in [0.29, 0.717) is 16.4 Å². The largest absolute Gasteiger partial charge is 0.378 e. The molecule has 0 aliphatic heterocycles. The second kappa shape index (κ2) is 8.99. The van der Waals surface area contributed by atoms with Crippen LogP contribution >= 0.6 is 22.9 Å². The van der Waals surface area contributed by atoms with E-state index in [9.17, 15) is 8.42 Å². The molecule has 3 aromatic heterocycles. The van der Waals surface area contributed by atoms with Crippen molar-refractivity contribution in [1.82, 2.24) is 15.2 Å². The zero-order valence-corrected chi connectivity index (χ0v) is 21.6. The topological polar surface area (TPSA) is 91.0 Å². The van der Waals surface area contributed by atoms with E-state index in [2.05, 4.69) is 21.0 Å². The Labute approximate surface area is 212 Å². The van der Waals surface area contributed by atoms with Crippen molar-refractivity contribution in [2.75, 3.05) is 23.7 Å². The van der Waals surface area contributed by atoms with E-state index in [1.54, 1.807) is 24.4 Å². The third-order valence-corrected chi connectivity index (χ3v) is 8.28. The van der Waals surface area contributed by atoms with Gasteiger partial charge in [0, 0.05) is 58.1 Å². The summed E-state index contributed by atoms with van der Waals surface area (Å²) in [7, 11) is 0.0734. The number of thiophene rings is 1. The number of fused-ring (bicyclic) bond motifs is 1. The average Bonchev–Trinajstić information content (AvgIpc) is 3.47. The lowest BCUT2D eigenvalue weighted by molar-refractivity contribution is 0.601. The van der Waals surface area contributed by atoms with Gasteiger partial charge < -0.3 is 4.90 Å². The maximum atomic E-state index is 13.3. The van der Waals surface area contributed by atoms with Crippen LogP contribution in [-0.4, -0.2) is 37.7 Å². The van der Waals surface area contributed by atoms with E-state index in [4.69, 9.17) is 16.6 Å². The number of aromatic nitrogens is 3. The molecule has 0 radical (unpaired) electrons. The van der Waals surface area contributed by atoms with E-state index in [1.807, 2.05) is 50.3 Å². The predicted octanol–water partition coefficient (Wildman–Crippen LogP) is 6.18. The molecule has 0 atom stereocenters. The van der Waals surface area contributed by atoms with Gasteiger partial charge in [0.25, 0.3) is 10.0 Å². The van der Waals surface area contributed by atoms with Crippen LogP contribution in [0.4, 0.5) is 11.4 Å². The van der Waals surface area contributed by atoms with Gasteiger partial charge in [-0.05, 0) is 48.9 Å². The van der Waals surface area contributed by atoms with Crippen molar-refractivity contribution in [1.29, 1.82) is 0 Å². The molecule has 3 heterocycles. The highest BCUT2D eigenvalue weighted by Crippen LogP contribution is 2.47. The molecular weight excluding hydrogens is 502 g/mol. The van der Waals surface area contributed by atoms with Gasteiger partial charge in [-0.1, -0.05) is 29.8 Å². The average molecular weight is 524 g/mol. The lowest BCUT2D eigenvalue weighted by atomic mass is 9.99. The number of hydrogen-bond donors (Lipinski definition) is 2. The van der Waals surface area contributed by atoms with Crippen LogP contribution in [0.3, 0.4) is 0 Å². The Kier molecular flexibility index (Phi) is 6.00. The van der Waals surface area contributed by atoms with Crippen LogP contribution in [0.15, 0.2) is 71.9 Å². The minimum atomic E-state index is -3.89. The normalized spacial score (nSPS) is 11.7. The van der Waals surface area contributed by atoms with Gasteiger partial charge in [-0.15, -0.1) is 11.3 Å². The smallest absolute Gasteiger partial charge is 0.261 e. The molecule has 7 nitrogen and oxygen atoms in total. The highest BCUT2D eigenvalue weighted by Gasteiger charge is 2.24. The summed E-state index contributed by atoms with van der Waals surface area (Å²) in [6.07, 6.45) is 3.58. The maximum absolute atomic E-state index is 13.3. The van der Waals surface area contributed by atoms with Crippen LogP contribution in [0.1, 0.15) is 5.69 Å². The van der Waals surface area contributed by atoms with Crippen LogP contribution in [0.5, 0.6) is 0 Å². The van der Waals surface area contributed by atoms with Crippen molar-refractivity contribution in [3.63, 3.8) is 0 Å². The Morgan fingerprint density at radius 1 is 1.06 bits per heavy atom. The SMILES string of the molecule is Cc1cc(NS(=O)(=O)c2cccc(Cl)c2)c2c(-c3cccc(N(C)C)c3)c(-c3cn[nH]c3)sc2n1. The minimum absolute atomic E-state index is 0.0917. The standard InChI is InChI=1S/C25H22ClN5O2S2/c1-15-10-21(30-35(32,33)20-9-5-7-18(26)12-20)23-22(16-6-4-8-19(11-16)31(2)3)24(34-25(23)29-15)17-13-27-28-14-17/h4-14H,1-3H3,(H,27,28)(H,29,30). The summed E-state index contributed by atoms with van der Waals surface area (Å²) in [5.41, 5.74) is 4.94. The molecule has 0 aliphatic rings. The molecular formula is C25H22ClN5O2S2. The summed E-state index contributed by atoms with van der Waals surface area (Å²) < 4.78 is 29.5. The molecule has 0 spiro atoms. The van der Waals surface area contributed by atoms with Gasteiger partial charge in [0.15, 0.2) is 0 Å². The van der Waals surface area contributed by atoms with Gasteiger partial charge in [0.05, 0.1) is 16.8 Å². The number of benzene rings is 2. The predicted molar refractivity (Wildman–Crippen MR) is 144 cm³/mol. The zero-order valence-electron chi connectivity index (χ0n) is 19.2. The number of H-pyrrole nitrogens is 1. The first-order chi connectivity index (χ1) is 16.7. The molecule has 5 rings (SSSR count). The molecule has 10 heteroatoms. The number of halogens is 1. The number of aromatic amines is 1. The number of anilines is 2. The number of rotatable bonds is 6. The summed E-state index contributed by atoms with van der Waals surface area (Å²) >= 11 is 7.57. The van der Waals surface area contributed by atoms with Crippen molar-refractivity contribution in [3.05, 3.63) is 77.7 Å². The lowest BCUT2D eigenvalue weighted by Gasteiger charge is -2.15. The number of nitrogens with one attached hydrogen (secondary N) is 2. The van der Waals surface area contributed by atoms with Crippen molar-refractivity contribution >= 4 is 54.6 Å². The highest BCUT2D eigenvalue weighted by atomic mass is 35.5. The molecule has 35 heavy (non-hydrogen) atoms. The third kappa shape index (κ3) is 4.50. The Morgan fingerprint density at radius 2 is 1.86 bits per heavy atom. The Bertz CT molecular complexity index is 1640. The fourth-order valence-corrected chi connectivity index (χ4v) is 6.54. The van der Waals surface area contributed by atoms with E-state index in [-0.39, 0.29) is 4.90 Å². The lowest BCUT2D eigenvalue weighted by Crippen LogP contribution is -2.13. The molecule has 0 unspecified atom stereocenters. The van der Waals surface area contributed by atoms with Crippen molar-refractivity contribution in [2.24, 2.45) is 0 Å². The molecule has 0 saturated heterocycles. The molecule has 2 N–H and O–H groups in total. The number of pyridine rings is 1. The fourth-order valence-electron chi connectivity index (χ4n) is 3.93. The van der Waals surface area contributed by atoms with Crippen molar-refractivity contribution in [3.8, 4) is 21.6 Å². The van der Waals surface area contributed by atoms with Gasteiger partial charge in [0.1, 0.15) is 4.83 Å². The monoisotopic (exact) mass is 523 g/mol. The fraction of sp³-hybridized carbons (Fsp3) is 0.120. The zero-order chi connectivity index (χ0) is 24.7. The van der Waals surface area contributed by atoms with E-state index < -0.39 is 10.0 Å². The van der Waals surface area contributed by atoms with Crippen molar-refractivity contribution < 1.29 is 8.42 Å². The summed E-state index contributed by atoms with van der Waals surface area (Å²) in [6, 6.07) is 16.1. The molecule has 178 valence electrons. The second-order valence-electron chi connectivity index (χ2n) is 8.29. The number of nitrogens with zero attached hydrogens (tertiary/aromatic N) is 3. The summed E-state index contributed by atoms with van der Waals surface area (Å²) in [5, 5.41) is 8.09. The summed E-state index contributed by atoms with van der Waals surface area (Å²) in [4.78, 5) is 8.55. The van der Waals surface area contributed by atoms with Gasteiger partial charge in [-0.3, -0.25) is 9.82 Å². The van der Waals surface area contributed by atoms with Gasteiger partial charge >= 0.3 is 0 Å². The van der Waals surface area contributed by atoms with Gasteiger partial charge in [0.2, 0.25) is 0 Å². The highest BCUT2D eigenvalue weighted by molar-refractivity contribution is 7.92. The van der Waals surface area contributed by atoms with Crippen LogP contribution in [0.2, 0.25) is 5.02 Å². The molecule has 0 aliphatic carbocycles. The summed E-state index contributed by atoms with van der Waals surface area (Å²) in [5.74, 6) is 0. The number of hydrogen-bond acceptors (Lipinski definition) is 6. The van der Waals surface area contributed by atoms with Crippen LogP contribution in [0.25, 0.3) is 31.8 Å². The Morgan fingerprint density at radius 3 is 2.57 bits per heavy atom. The molecule has 0 amide bonds. The first-order valence-corrected chi connectivity index (χ1v) is 13.4.